The van der Waals surface area contributed by atoms with Crippen LogP contribution in [0.2, 0.25) is 0 Å². The van der Waals surface area contributed by atoms with Gasteiger partial charge in [-0.25, -0.2) is 0 Å². The minimum absolute atomic E-state index is 0.195. The van der Waals surface area contributed by atoms with Crippen molar-refractivity contribution in [1.29, 1.82) is 0 Å². The molecule has 5 heteroatoms. The molecule has 1 aliphatic heterocycles. The Morgan fingerprint density at radius 2 is 1.77 bits per heavy atom. The second kappa shape index (κ2) is 9.81. The number of benzene rings is 1. The average molecular weight is 360 g/mol. The lowest BCUT2D eigenvalue weighted by Gasteiger charge is -2.36. The Kier molecular flexibility index (Phi) is 7.18. The predicted octanol–water partition coefficient (Wildman–Crippen LogP) is 3.05. The van der Waals surface area contributed by atoms with Crippen molar-refractivity contribution in [2.24, 2.45) is 0 Å². The highest BCUT2D eigenvalue weighted by atomic mass is 16.5. The fourth-order valence-electron chi connectivity index (χ4n) is 4.04. The van der Waals surface area contributed by atoms with Gasteiger partial charge >= 0.3 is 0 Å². The summed E-state index contributed by atoms with van der Waals surface area (Å²) in [5, 5.41) is 3.26. The van der Waals surface area contributed by atoms with Crippen LogP contribution >= 0.6 is 0 Å². The molecule has 26 heavy (non-hydrogen) atoms. The lowest BCUT2D eigenvalue weighted by atomic mass is 10.1. The number of anilines is 1. The van der Waals surface area contributed by atoms with Gasteiger partial charge in [0.2, 0.25) is 5.91 Å². The third kappa shape index (κ3) is 5.37. The highest BCUT2D eigenvalue weighted by Crippen LogP contribution is 2.28. The number of ether oxygens (including phenoxy) is 1. The molecule has 2 aliphatic rings. The van der Waals surface area contributed by atoms with E-state index < -0.39 is 0 Å². The third-order valence-electron chi connectivity index (χ3n) is 5.47. The topological polar surface area (TPSA) is 44.8 Å². The molecule has 0 spiro atoms. The molecule has 2 fully saturated rings. The van der Waals surface area contributed by atoms with Crippen molar-refractivity contribution >= 4 is 11.6 Å². The molecule has 1 N–H and O–H groups in total. The first-order valence-corrected chi connectivity index (χ1v) is 10.2. The van der Waals surface area contributed by atoms with Gasteiger partial charge in [0.25, 0.3) is 0 Å². The zero-order chi connectivity index (χ0) is 18.2. The number of nitrogens with zero attached hydrogens (tertiary/aromatic N) is 2. The van der Waals surface area contributed by atoms with E-state index in [4.69, 9.17) is 4.74 Å². The van der Waals surface area contributed by atoms with Crippen molar-refractivity contribution in [1.82, 2.24) is 10.2 Å². The maximum atomic E-state index is 12.4. The molecule has 0 unspecified atom stereocenters. The third-order valence-corrected chi connectivity index (χ3v) is 5.47. The summed E-state index contributed by atoms with van der Waals surface area (Å²) in [6.07, 6.45) is 7.43. The molecule has 0 aromatic heterocycles. The van der Waals surface area contributed by atoms with Gasteiger partial charge in [-0.1, -0.05) is 37.8 Å². The van der Waals surface area contributed by atoms with E-state index in [9.17, 15) is 4.79 Å². The fraction of sp³-hybridized carbons (Fsp3) is 0.667. The lowest BCUT2D eigenvalue weighted by Crippen LogP contribution is -2.50. The first-order chi connectivity index (χ1) is 12.8. The zero-order valence-corrected chi connectivity index (χ0v) is 16.1. The van der Waals surface area contributed by atoms with Crippen LogP contribution in [0.5, 0.6) is 5.75 Å². The maximum absolute atomic E-state index is 12.4. The van der Waals surface area contributed by atoms with Crippen LogP contribution in [0.4, 0.5) is 5.69 Å². The number of carbonyl (C=O) groups is 1. The zero-order valence-electron chi connectivity index (χ0n) is 16.1. The summed E-state index contributed by atoms with van der Waals surface area (Å²) in [5.74, 6) is 1.15. The lowest BCUT2D eigenvalue weighted by molar-refractivity contribution is -0.123. The average Bonchev–Trinajstić information content (AvgIpc) is 2.92. The van der Waals surface area contributed by atoms with Crippen molar-refractivity contribution < 1.29 is 9.53 Å². The predicted molar refractivity (Wildman–Crippen MR) is 106 cm³/mol. The van der Waals surface area contributed by atoms with Gasteiger partial charge in [-0.3, -0.25) is 9.69 Å². The first-order valence-electron chi connectivity index (χ1n) is 10.2. The molecule has 1 aromatic carbocycles. The highest BCUT2D eigenvalue weighted by Gasteiger charge is 2.22. The second-order valence-corrected chi connectivity index (χ2v) is 7.42. The van der Waals surface area contributed by atoms with Gasteiger partial charge in [-0.2, -0.15) is 0 Å². The molecule has 0 bridgehead atoms. The second-order valence-electron chi connectivity index (χ2n) is 7.42. The van der Waals surface area contributed by atoms with Gasteiger partial charge in [0.15, 0.2) is 0 Å². The van der Waals surface area contributed by atoms with Crippen molar-refractivity contribution in [3.05, 3.63) is 24.3 Å². The smallest absolute Gasteiger partial charge is 0.234 e. The van der Waals surface area contributed by atoms with E-state index in [-0.39, 0.29) is 5.91 Å². The summed E-state index contributed by atoms with van der Waals surface area (Å²) in [6.45, 7) is 6.91. The molecule has 1 amide bonds. The van der Waals surface area contributed by atoms with Gasteiger partial charge in [0, 0.05) is 32.2 Å². The SMILES string of the molecule is CCOc1ccccc1N1CCN(CC(=O)NC2CCCCCC2)CC1. The molecule has 0 radical (unpaired) electrons. The molecular weight excluding hydrogens is 326 g/mol. The molecule has 1 aliphatic carbocycles. The number of para-hydroxylation sites is 2. The molecule has 0 atom stereocenters. The number of nitrogens with one attached hydrogen (secondary N) is 1. The summed E-state index contributed by atoms with van der Waals surface area (Å²) < 4.78 is 5.76. The van der Waals surface area contributed by atoms with Crippen LogP contribution in [0.1, 0.15) is 45.4 Å². The summed E-state index contributed by atoms with van der Waals surface area (Å²) in [7, 11) is 0. The van der Waals surface area contributed by atoms with Crippen molar-refractivity contribution in [3.8, 4) is 5.75 Å². The summed E-state index contributed by atoms with van der Waals surface area (Å²) in [5.41, 5.74) is 1.16. The van der Waals surface area contributed by atoms with Crippen LogP contribution in [-0.4, -0.2) is 56.2 Å². The Labute approximate surface area is 157 Å². The Morgan fingerprint density at radius 1 is 1.08 bits per heavy atom. The molecule has 1 saturated carbocycles. The van der Waals surface area contributed by atoms with Crippen molar-refractivity contribution in [3.63, 3.8) is 0 Å². The van der Waals surface area contributed by atoms with Gasteiger partial charge in [0.05, 0.1) is 18.8 Å². The van der Waals surface area contributed by atoms with Crippen molar-refractivity contribution in [2.75, 3.05) is 44.2 Å². The van der Waals surface area contributed by atoms with E-state index in [0.29, 0.717) is 19.2 Å². The monoisotopic (exact) mass is 359 g/mol. The van der Waals surface area contributed by atoms with Crippen LogP contribution in [0.15, 0.2) is 24.3 Å². The Morgan fingerprint density at radius 3 is 2.46 bits per heavy atom. The number of hydrogen-bond acceptors (Lipinski definition) is 4. The molecule has 1 aromatic rings. The number of carbonyl (C=O) groups excluding carboxylic acids is 1. The summed E-state index contributed by atoms with van der Waals surface area (Å²) >= 11 is 0. The van der Waals surface area contributed by atoms with Gasteiger partial charge in [-0.05, 0) is 31.9 Å². The van der Waals surface area contributed by atoms with E-state index in [1.807, 2.05) is 19.1 Å². The van der Waals surface area contributed by atoms with Crippen LogP contribution in [0.3, 0.4) is 0 Å². The number of hydrogen-bond donors (Lipinski definition) is 1. The Balaban J connectivity index is 1.45. The first kappa shape index (κ1) is 19.0. The Hall–Kier alpha value is -1.75. The minimum atomic E-state index is 0.195. The molecule has 1 heterocycles. The molecule has 144 valence electrons. The number of amides is 1. The van der Waals surface area contributed by atoms with Crippen LogP contribution in [0.25, 0.3) is 0 Å². The van der Waals surface area contributed by atoms with Crippen LogP contribution < -0.4 is 15.0 Å². The van der Waals surface area contributed by atoms with E-state index in [1.165, 1.54) is 25.7 Å². The highest BCUT2D eigenvalue weighted by molar-refractivity contribution is 5.78. The molecule has 5 nitrogen and oxygen atoms in total. The summed E-state index contributed by atoms with van der Waals surface area (Å²) in [6, 6.07) is 8.63. The maximum Gasteiger partial charge on any atom is 0.234 e. The Bertz CT molecular complexity index is 562. The molecule has 3 rings (SSSR count). The number of rotatable bonds is 6. The molecular formula is C21H33N3O2. The van der Waals surface area contributed by atoms with E-state index in [2.05, 4.69) is 27.2 Å². The largest absolute Gasteiger partial charge is 0.492 e. The number of piperazine rings is 1. The van der Waals surface area contributed by atoms with E-state index in [0.717, 1.165) is 50.5 Å². The summed E-state index contributed by atoms with van der Waals surface area (Å²) in [4.78, 5) is 17.0. The van der Waals surface area contributed by atoms with Crippen LogP contribution in [-0.2, 0) is 4.79 Å². The van der Waals surface area contributed by atoms with Crippen molar-refractivity contribution in [2.45, 2.75) is 51.5 Å². The van der Waals surface area contributed by atoms with Gasteiger partial charge in [0.1, 0.15) is 5.75 Å². The minimum Gasteiger partial charge on any atom is -0.492 e. The van der Waals surface area contributed by atoms with E-state index >= 15 is 0 Å². The normalized spacial score (nSPS) is 19.8. The fourth-order valence-corrected chi connectivity index (χ4v) is 4.04. The molecule has 1 saturated heterocycles. The quantitative estimate of drug-likeness (QED) is 0.793. The van der Waals surface area contributed by atoms with Gasteiger partial charge < -0.3 is 15.0 Å². The van der Waals surface area contributed by atoms with Gasteiger partial charge in [-0.15, -0.1) is 0 Å². The van der Waals surface area contributed by atoms with E-state index in [1.54, 1.807) is 0 Å². The van der Waals surface area contributed by atoms with Crippen LogP contribution in [0, 0.1) is 0 Å². The standard InChI is InChI=1S/C21H33N3O2/c1-2-26-20-12-8-7-11-19(20)24-15-13-23(14-16-24)17-21(25)22-18-9-5-3-4-6-10-18/h7-8,11-12,18H,2-6,9-10,13-17H2,1H3,(H,22,25).